The van der Waals surface area contributed by atoms with Crippen molar-refractivity contribution < 1.29 is 9.53 Å². The van der Waals surface area contributed by atoms with Gasteiger partial charge in [-0.05, 0) is 50.2 Å². The zero-order chi connectivity index (χ0) is 18.7. The minimum absolute atomic E-state index is 0.260. The van der Waals surface area contributed by atoms with Crippen LogP contribution in [0.25, 0.3) is 0 Å². The van der Waals surface area contributed by atoms with Crippen LogP contribution < -0.4 is 10.1 Å². The first kappa shape index (κ1) is 18.2. The van der Waals surface area contributed by atoms with Gasteiger partial charge < -0.3 is 10.1 Å². The fourth-order valence-electron chi connectivity index (χ4n) is 2.32. The van der Waals surface area contributed by atoms with Crippen LogP contribution in [0, 0.1) is 13.8 Å². The molecule has 3 aromatic rings. The van der Waals surface area contributed by atoms with E-state index in [1.165, 1.54) is 6.07 Å². The zero-order valence-electron chi connectivity index (χ0n) is 14.1. The monoisotopic (exact) mass is 387 g/mol. The second kappa shape index (κ2) is 7.72. The molecule has 1 heterocycles. The highest BCUT2D eigenvalue weighted by Gasteiger charge is 2.10. The number of carbonyl (C=O) groups excluding carboxylic acids is 1. The first-order valence-electron chi connectivity index (χ1n) is 7.77. The number of hydrogen-bond donors (Lipinski definition) is 1. The molecule has 0 aliphatic heterocycles. The lowest BCUT2D eigenvalue weighted by atomic mass is 10.2. The van der Waals surface area contributed by atoms with E-state index in [0.717, 1.165) is 11.4 Å². The third kappa shape index (κ3) is 4.50. The van der Waals surface area contributed by atoms with Gasteiger partial charge in [-0.25, -0.2) is 9.97 Å². The SMILES string of the molecule is Cc1cc(C)nc(Oc2cccc(NC(=O)c3ccc(Cl)c(Cl)c3)c2)n1. The Morgan fingerprint density at radius 3 is 2.38 bits per heavy atom. The lowest BCUT2D eigenvalue weighted by Crippen LogP contribution is -2.11. The minimum atomic E-state index is -0.302. The predicted molar refractivity (Wildman–Crippen MR) is 102 cm³/mol. The lowest BCUT2D eigenvalue weighted by molar-refractivity contribution is 0.102. The number of anilines is 1. The summed E-state index contributed by atoms with van der Waals surface area (Å²) in [6, 6.07) is 13.8. The summed E-state index contributed by atoms with van der Waals surface area (Å²) in [7, 11) is 0. The van der Waals surface area contributed by atoms with E-state index in [1.807, 2.05) is 19.9 Å². The highest BCUT2D eigenvalue weighted by atomic mass is 35.5. The molecule has 1 aromatic heterocycles. The Bertz CT molecular complexity index is 956. The van der Waals surface area contributed by atoms with Gasteiger partial charge in [0.1, 0.15) is 5.75 Å². The highest BCUT2D eigenvalue weighted by molar-refractivity contribution is 6.42. The molecule has 0 spiro atoms. The van der Waals surface area contributed by atoms with Crippen LogP contribution in [0.3, 0.4) is 0 Å². The van der Waals surface area contributed by atoms with Crippen molar-refractivity contribution in [2.45, 2.75) is 13.8 Å². The summed E-state index contributed by atoms with van der Waals surface area (Å²) in [4.78, 5) is 20.8. The largest absolute Gasteiger partial charge is 0.424 e. The van der Waals surface area contributed by atoms with E-state index in [1.54, 1.807) is 36.4 Å². The lowest BCUT2D eigenvalue weighted by Gasteiger charge is -2.09. The van der Waals surface area contributed by atoms with Gasteiger partial charge in [0.2, 0.25) is 0 Å². The molecule has 0 aliphatic carbocycles. The molecule has 7 heteroatoms. The first-order chi connectivity index (χ1) is 12.4. The summed E-state index contributed by atoms with van der Waals surface area (Å²) in [5, 5.41) is 3.51. The van der Waals surface area contributed by atoms with E-state index < -0.39 is 0 Å². The minimum Gasteiger partial charge on any atom is -0.424 e. The van der Waals surface area contributed by atoms with Crippen LogP contribution in [0.5, 0.6) is 11.8 Å². The predicted octanol–water partition coefficient (Wildman–Crippen LogP) is 5.44. The van der Waals surface area contributed by atoms with Crippen molar-refractivity contribution in [1.29, 1.82) is 0 Å². The fourth-order valence-corrected chi connectivity index (χ4v) is 2.62. The number of aryl methyl sites for hydroxylation is 2. The molecule has 1 N–H and O–H groups in total. The first-order valence-corrected chi connectivity index (χ1v) is 8.53. The third-order valence-electron chi connectivity index (χ3n) is 3.44. The Morgan fingerprint density at radius 1 is 0.962 bits per heavy atom. The van der Waals surface area contributed by atoms with Gasteiger partial charge in [0.15, 0.2) is 0 Å². The molecular weight excluding hydrogens is 373 g/mol. The average Bonchev–Trinajstić information content (AvgIpc) is 2.56. The van der Waals surface area contributed by atoms with Crippen molar-refractivity contribution in [3.05, 3.63) is 75.5 Å². The van der Waals surface area contributed by atoms with Crippen molar-refractivity contribution in [2.75, 3.05) is 5.32 Å². The van der Waals surface area contributed by atoms with Gasteiger partial charge in [-0.3, -0.25) is 4.79 Å². The summed E-state index contributed by atoms with van der Waals surface area (Å²) in [6.45, 7) is 3.74. The molecule has 3 rings (SSSR count). The molecular formula is C19H15Cl2N3O2. The average molecular weight is 388 g/mol. The number of nitrogens with zero attached hydrogens (tertiary/aromatic N) is 2. The van der Waals surface area contributed by atoms with E-state index in [4.69, 9.17) is 27.9 Å². The van der Waals surface area contributed by atoms with E-state index in [0.29, 0.717) is 27.0 Å². The standard InChI is InChI=1S/C19H15Cl2N3O2/c1-11-8-12(2)23-19(22-11)26-15-5-3-4-14(10-15)24-18(25)13-6-7-16(20)17(21)9-13/h3-10H,1-2H3,(H,24,25). The molecule has 0 bridgehead atoms. The number of hydrogen-bond acceptors (Lipinski definition) is 4. The molecule has 0 fully saturated rings. The maximum absolute atomic E-state index is 12.4. The van der Waals surface area contributed by atoms with Crippen LogP contribution in [0.4, 0.5) is 5.69 Å². The van der Waals surface area contributed by atoms with Crippen LogP contribution in [-0.4, -0.2) is 15.9 Å². The molecule has 0 saturated carbocycles. The van der Waals surface area contributed by atoms with Gasteiger partial charge in [0.25, 0.3) is 5.91 Å². The zero-order valence-corrected chi connectivity index (χ0v) is 15.6. The van der Waals surface area contributed by atoms with Crippen LogP contribution >= 0.6 is 23.2 Å². The van der Waals surface area contributed by atoms with Crippen molar-refractivity contribution in [2.24, 2.45) is 0 Å². The second-order valence-corrected chi connectivity index (χ2v) is 6.46. The second-order valence-electron chi connectivity index (χ2n) is 5.65. The summed E-state index contributed by atoms with van der Waals surface area (Å²) in [5.41, 5.74) is 2.61. The van der Waals surface area contributed by atoms with Crippen molar-refractivity contribution in [3.63, 3.8) is 0 Å². The van der Waals surface area contributed by atoms with Crippen molar-refractivity contribution >= 4 is 34.8 Å². The van der Waals surface area contributed by atoms with Crippen LogP contribution in [0.1, 0.15) is 21.7 Å². The summed E-state index contributed by atoms with van der Waals surface area (Å²) in [6.07, 6.45) is 0. The number of aromatic nitrogens is 2. The number of ether oxygens (including phenoxy) is 1. The highest BCUT2D eigenvalue weighted by Crippen LogP contribution is 2.25. The topological polar surface area (TPSA) is 64.1 Å². The van der Waals surface area contributed by atoms with E-state index in [2.05, 4.69) is 15.3 Å². The van der Waals surface area contributed by atoms with Crippen LogP contribution in [0.2, 0.25) is 10.0 Å². The van der Waals surface area contributed by atoms with Crippen LogP contribution in [0.15, 0.2) is 48.5 Å². The van der Waals surface area contributed by atoms with E-state index in [9.17, 15) is 4.79 Å². The molecule has 0 saturated heterocycles. The molecule has 0 aliphatic rings. The Labute approximate surface area is 161 Å². The van der Waals surface area contributed by atoms with Crippen molar-refractivity contribution in [3.8, 4) is 11.8 Å². The Balaban J connectivity index is 1.76. The van der Waals surface area contributed by atoms with Crippen molar-refractivity contribution in [1.82, 2.24) is 9.97 Å². The number of benzene rings is 2. The Hall–Kier alpha value is -2.63. The Kier molecular flexibility index (Phi) is 5.40. The molecule has 132 valence electrons. The molecule has 26 heavy (non-hydrogen) atoms. The van der Waals surface area contributed by atoms with Crippen LogP contribution in [-0.2, 0) is 0 Å². The maximum atomic E-state index is 12.4. The fraction of sp³-hybridized carbons (Fsp3) is 0.105. The number of amides is 1. The Morgan fingerprint density at radius 2 is 1.69 bits per heavy atom. The van der Waals surface area contributed by atoms with Gasteiger partial charge in [-0.1, -0.05) is 29.3 Å². The van der Waals surface area contributed by atoms with Gasteiger partial charge in [0, 0.05) is 28.7 Å². The number of nitrogens with one attached hydrogen (secondary N) is 1. The molecule has 5 nitrogen and oxygen atoms in total. The maximum Gasteiger partial charge on any atom is 0.322 e. The summed E-state index contributed by atoms with van der Waals surface area (Å²) in [5.74, 6) is 0.213. The number of rotatable bonds is 4. The molecule has 0 radical (unpaired) electrons. The molecule has 0 atom stereocenters. The smallest absolute Gasteiger partial charge is 0.322 e. The summed E-state index contributed by atoms with van der Waals surface area (Å²) >= 11 is 11.8. The van der Waals surface area contributed by atoms with E-state index >= 15 is 0 Å². The quantitative estimate of drug-likeness (QED) is 0.646. The van der Waals surface area contributed by atoms with Gasteiger partial charge >= 0.3 is 6.01 Å². The van der Waals surface area contributed by atoms with E-state index in [-0.39, 0.29) is 11.9 Å². The van der Waals surface area contributed by atoms with Gasteiger partial charge in [-0.15, -0.1) is 0 Å². The normalized spacial score (nSPS) is 10.5. The number of carbonyl (C=O) groups is 1. The third-order valence-corrected chi connectivity index (χ3v) is 4.18. The number of halogens is 2. The summed E-state index contributed by atoms with van der Waals surface area (Å²) < 4.78 is 5.69. The van der Waals surface area contributed by atoms with Gasteiger partial charge in [-0.2, -0.15) is 0 Å². The van der Waals surface area contributed by atoms with Gasteiger partial charge in [0.05, 0.1) is 10.0 Å². The molecule has 2 aromatic carbocycles. The molecule has 0 unspecified atom stereocenters. The molecule has 1 amide bonds.